The molecule has 226 valence electrons. The van der Waals surface area contributed by atoms with Crippen LogP contribution in [0.3, 0.4) is 0 Å². The third kappa shape index (κ3) is 7.52. The van der Waals surface area contributed by atoms with Gasteiger partial charge in [-0.15, -0.1) is 0 Å². The molecule has 0 atom stereocenters. The summed E-state index contributed by atoms with van der Waals surface area (Å²) >= 11 is 0. The van der Waals surface area contributed by atoms with E-state index in [1.807, 2.05) is 13.8 Å². The Balaban J connectivity index is 1.60. The second kappa shape index (κ2) is 13.9. The first-order valence-corrected chi connectivity index (χ1v) is 15.1. The molecule has 1 N–H and O–H groups in total. The minimum Gasteiger partial charge on any atom is -0.490 e. The van der Waals surface area contributed by atoms with Crippen molar-refractivity contribution in [1.82, 2.24) is 10.2 Å². The zero-order valence-electron chi connectivity index (χ0n) is 24.0. The molecule has 0 bridgehead atoms. The molecular formula is C31H32N2O9S. The summed E-state index contributed by atoms with van der Waals surface area (Å²) in [6.07, 6.45) is 2.11. The standard InChI is InChI=1S/C31H32N2O9S/c1-4-16-41-25-14-13-22(19-27(25)39-5-2)20-33-30(35)24(29(34)32-31(33)36)17-21-12-15-26(28(18-21)40-6-3)42-43(37,38)23-10-8-7-9-11-23/h7-15,17-19H,4-6,16,20H2,1-3H3,(H,32,34,36)/b24-17+. The van der Waals surface area contributed by atoms with Crippen molar-refractivity contribution in [2.45, 2.75) is 38.6 Å². The van der Waals surface area contributed by atoms with E-state index < -0.39 is 28.0 Å². The molecule has 1 fully saturated rings. The van der Waals surface area contributed by atoms with Gasteiger partial charge in [0, 0.05) is 0 Å². The van der Waals surface area contributed by atoms with Gasteiger partial charge in [-0.2, -0.15) is 8.42 Å². The Bertz CT molecular complexity index is 1640. The predicted molar refractivity (Wildman–Crippen MR) is 157 cm³/mol. The number of imide groups is 2. The number of hydrogen-bond acceptors (Lipinski definition) is 9. The number of nitrogens with zero attached hydrogens (tertiary/aromatic N) is 1. The van der Waals surface area contributed by atoms with Crippen molar-refractivity contribution < 1.29 is 41.2 Å². The summed E-state index contributed by atoms with van der Waals surface area (Å²) in [7, 11) is -4.14. The Morgan fingerprint density at radius 1 is 0.791 bits per heavy atom. The van der Waals surface area contributed by atoms with Crippen LogP contribution in [0.4, 0.5) is 4.79 Å². The highest BCUT2D eigenvalue weighted by molar-refractivity contribution is 7.87. The van der Waals surface area contributed by atoms with Crippen LogP contribution in [0.5, 0.6) is 23.0 Å². The topological polar surface area (TPSA) is 138 Å². The van der Waals surface area contributed by atoms with E-state index in [2.05, 4.69) is 5.32 Å². The van der Waals surface area contributed by atoms with Crippen molar-refractivity contribution in [3.8, 4) is 23.0 Å². The smallest absolute Gasteiger partial charge is 0.339 e. The van der Waals surface area contributed by atoms with Crippen LogP contribution < -0.4 is 23.7 Å². The van der Waals surface area contributed by atoms with Gasteiger partial charge in [0.1, 0.15) is 10.5 Å². The number of carbonyl (C=O) groups excluding carboxylic acids is 3. The molecule has 0 aromatic heterocycles. The summed E-state index contributed by atoms with van der Waals surface area (Å²) in [5.74, 6) is -0.628. The van der Waals surface area contributed by atoms with Gasteiger partial charge in [-0.1, -0.05) is 37.3 Å². The minimum atomic E-state index is -4.14. The zero-order chi connectivity index (χ0) is 31.0. The van der Waals surface area contributed by atoms with Crippen molar-refractivity contribution in [2.24, 2.45) is 0 Å². The Labute approximate surface area is 250 Å². The molecule has 0 saturated carbocycles. The van der Waals surface area contributed by atoms with Crippen LogP contribution in [0, 0.1) is 0 Å². The van der Waals surface area contributed by atoms with Crippen molar-refractivity contribution in [2.75, 3.05) is 19.8 Å². The lowest BCUT2D eigenvalue weighted by Crippen LogP contribution is -2.53. The van der Waals surface area contributed by atoms with Crippen molar-refractivity contribution in [3.05, 3.63) is 83.4 Å². The van der Waals surface area contributed by atoms with Crippen LogP contribution in [0.25, 0.3) is 6.08 Å². The summed E-state index contributed by atoms with van der Waals surface area (Å²) in [5, 5.41) is 2.20. The van der Waals surface area contributed by atoms with Gasteiger partial charge < -0.3 is 18.4 Å². The molecule has 0 aliphatic carbocycles. The summed E-state index contributed by atoms with van der Waals surface area (Å²) in [5.41, 5.74) is 0.640. The summed E-state index contributed by atoms with van der Waals surface area (Å²) < 4.78 is 47.8. The number of hydrogen-bond donors (Lipinski definition) is 1. The molecular weight excluding hydrogens is 576 g/mol. The summed E-state index contributed by atoms with van der Waals surface area (Å²) in [6, 6.07) is 16.2. The quantitative estimate of drug-likeness (QED) is 0.166. The van der Waals surface area contributed by atoms with Crippen molar-refractivity contribution >= 4 is 34.0 Å². The van der Waals surface area contributed by atoms with Crippen LogP contribution in [0.1, 0.15) is 38.3 Å². The van der Waals surface area contributed by atoms with Crippen molar-refractivity contribution in [3.63, 3.8) is 0 Å². The maximum atomic E-state index is 13.4. The lowest BCUT2D eigenvalue weighted by Gasteiger charge is -2.26. The molecule has 1 heterocycles. The average molecular weight is 609 g/mol. The van der Waals surface area contributed by atoms with Crippen LogP contribution in [-0.4, -0.2) is 51.0 Å². The van der Waals surface area contributed by atoms with E-state index >= 15 is 0 Å². The average Bonchev–Trinajstić information content (AvgIpc) is 2.99. The molecule has 4 amide bonds. The molecule has 1 aliphatic rings. The van der Waals surface area contributed by atoms with Crippen LogP contribution in [0.15, 0.2) is 77.2 Å². The van der Waals surface area contributed by atoms with E-state index in [9.17, 15) is 22.8 Å². The van der Waals surface area contributed by atoms with Crippen LogP contribution >= 0.6 is 0 Å². The largest absolute Gasteiger partial charge is 0.490 e. The number of amides is 4. The van der Waals surface area contributed by atoms with E-state index in [-0.39, 0.29) is 35.1 Å². The molecule has 3 aromatic rings. The van der Waals surface area contributed by atoms with Gasteiger partial charge in [-0.3, -0.25) is 19.8 Å². The van der Waals surface area contributed by atoms with Gasteiger partial charge in [-0.25, -0.2) is 4.79 Å². The van der Waals surface area contributed by atoms with E-state index in [0.29, 0.717) is 35.8 Å². The fraction of sp³-hybridized carbons (Fsp3) is 0.258. The second-order valence-corrected chi connectivity index (χ2v) is 10.8. The van der Waals surface area contributed by atoms with Gasteiger partial charge >= 0.3 is 16.1 Å². The van der Waals surface area contributed by atoms with E-state index in [4.69, 9.17) is 18.4 Å². The lowest BCUT2D eigenvalue weighted by molar-refractivity contribution is -0.130. The van der Waals surface area contributed by atoms with Crippen molar-refractivity contribution in [1.29, 1.82) is 0 Å². The lowest BCUT2D eigenvalue weighted by atomic mass is 10.1. The molecule has 4 rings (SSSR count). The number of barbiturate groups is 1. The molecule has 43 heavy (non-hydrogen) atoms. The molecule has 0 unspecified atom stereocenters. The zero-order valence-corrected chi connectivity index (χ0v) is 24.8. The van der Waals surface area contributed by atoms with E-state index in [1.165, 1.54) is 36.4 Å². The number of ether oxygens (including phenoxy) is 3. The molecule has 12 heteroatoms. The predicted octanol–water partition coefficient (Wildman–Crippen LogP) is 4.70. The van der Waals surface area contributed by atoms with Gasteiger partial charge in [-0.05, 0) is 73.9 Å². The highest BCUT2D eigenvalue weighted by Gasteiger charge is 2.36. The Hall–Kier alpha value is -4.84. The second-order valence-electron chi connectivity index (χ2n) is 9.26. The van der Waals surface area contributed by atoms with Crippen LogP contribution in [0.2, 0.25) is 0 Å². The molecule has 1 saturated heterocycles. The molecule has 0 radical (unpaired) electrons. The number of urea groups is 1. The fourth-order valence-corrected chi connectivity index (χ4v) is 5.10. The monoisotopic (exact) mass is 608 g/mol. The van der Waals surface area contributed by atoms with Gasteiger partial charge in [0.05, 0.1) is 26.4 Å². The first kappa shape index (κ1) is 31.1. The first-order chi connectivity index (χ1) is 20.7. The maximum absolute atomic E-state index is 13.4. The number of nitrogens with one attached hydrogen (secondary N) is 1. The molecule has 0 spiro atoms. The number of benzene rings is 3. The number of carbonyl (C=O) groups is 3. The minimum absolute atomic E-state index is 0.0330. The molecule has 1 aliphatic heterocycles. The Kier molecular flexibility index (Phi) is 10.0. The first-order valence-electron chi connectivity index (χ1n) is 13.7. The SMILES string of the molecule is CCCOc1ccc(CN2C(=O)NC(=O)/C(=C\c3ccc(OS(=O)(=O)c4ccccc4)c(OCC)c3)C2=O)cc1OCC. The van der Waals surface area contributed by atoms with Gasteiger partial charge in [0.15, 0.2) is 23.0 Å². The summed E-state index contributed by atoms with van der Waals surface area (Å²) in [6.45, 7) is 6.48. The fourth-order valence-electron chi connectivity index (χ4n) is 4.14. The third-order valence-corrected chi connectivity index (χ3v) is 7.35. The summed E-state index contributed by atoms with van der Waals surface area (Å²) in [4.78, 5) is 39.6. The van der Waals surface area contributed by atoms with Gasteiger partial charge in [0.2, 0.25) is 0 Å². The molecule has 3 aromatic carbocycles. The Morgan fingerprint density at radius 2 is 1.47 bits per heavy atom. The Morgan fingerprint density at radius 3 is 2.14 bits per heavy atom. The number of rotatable bonds is 13. The highest BCUT2D eigenvalue weighted by Crippen LogP contribution is 2.33. The van der Waals surface area contributed by atoms with Gasteiger partial charge in [0.25, 0.3) is 11.8 Å². The third-order valence-electron chi connectivity index (χ3n) is 6.11. The van der Waals surface area contributed by atoms with E-state index in [1.54, 1.807) is 43.3 Å². The normalized spacial score (nSPS) is 14.4. The van der Waals surface area contributed by atoms with Crippen LogP contribution in [-0.2, 0) is 26.3 Å². The maximum Gasteiger partial charge on any atom is 0.339 e. The highest BCUT2D eigenvalue weighted by atomic mass is 32.2. The van der Waals surface area contributed by atoms with E-state index in [0.717, 1.165) is 11.3 Å². The molecule has 11 nitrogen and oxygen atoms in total.